The van der Waals surface area contributed by atoms with E-state index in [2.05, 4.69) is 15.4 Å². The average molecular weight is 567 g/mol. The van der Waals surface area contributed by atoms with Gasteiger partial charge in [0.25, 0.3) is 0 Å². The predicted molar refractivity (Wildman–Crippen MR) is 144 cm³/mol. The largest absolute Gasteiger partial charge is 0.573 e. The lowest BCUT2D eigenvalue weighted by atomic mass is 10.0. The second-order valence-electron chi connectivity index (χ2n) is 9.27. The summed E-state index contributed by atoms with van der Waals surface area (Å²) in [4.78, 5) is 40.0. The molecular formula is C27H37F3N6O4. The van der Waals surface area contributed by atoms with Crippen molar-refractivity contribution >= 4 is 17.7 Å². The molecule has 2 aromatic rings. The lowest BCUT2D eigenvalue weighted by molar-refractivity contribution is -0.274. The van der Waals surface area contributed by atoms with Crippen molar-refractivity contribution in [3.05, 3.63) is 65.2 Å². The van der Waals surface area contributed by atoms with E-state index in [0.717, 1.165) is 5.56 Å². The topological polar surface area (TPSA) is 166 Å². The summed E-state index contributed by atoms with van der Waals surface area (Å²) in [5, 5.41) is 5.27. The highest BCUT2D eigenvalue weighted by Gasteiger charge is 2.31. The fraction of sp³-hybridized carbons (Fsp3) is 0.444. The number of alkyl halides is 3. The molecule has 0 aliphatic rings. The number of rotatable bonds is 15. The molecule has 0 bridgehead atoms. The molecule has 10 nitrogen and oxygen atoms in total. The van der Waals surface area contributed by atoms with Gasteiger partial charge >= 0.3 is 6.36 Å². The second kappa shape index (κ2) is 15.8. The van der Waals surface area contributed by atoms with Gasteiger partial charge in [-0.25, -0.2) is 0 Å². The van der Waals surface area contributed by atoms with Crippen molar-refractivity contribution in [2.24, 2.45) is 17.2 Å². The molecule has 2 rings (SSSR count). The summed E-state index contributed by atoms with van der Waals surface area (Å²) in [7, 11) is 0. The zero-order chi connectivity index (χ0) is 29.7. The number of nitrogens with two attached hydrogens (primary N) is 3. The number of amides is 3. The number of nitrogens with zero attached hydrogens (tertiary/aromatic N) is 1. The van der Waals surface area contributed by atoms with E-state index in [9.17, 15) is 27.6 Å². The highest BCUT2D eigenvalue weighted by atomic mass is 19.4. The molecule has 0 spiro atoms. The highest BCUT2D eigenvalue weighted by molar-refractivity contribution is 5.92. The van der Waals surface area contributed by atoms with E-state index in [-0.39, 0.29) is 51.5 Å². The maximum atomic E-state index is 13.1. The minimum Gasteiger partial charge on any atom is -0.406 e. The Bertz CT molecular complexity index is 1110. The molecule has 2 aromatic carbocycles. The van der Waals surface area contributed by atoms with Crippen molar-refractivity contribution in [1.82, 2.24) is 15.5 Å². The number of carbonyl (C=O) groups is 3. The summed E-state index contributed by atoms with van der Waals surface area (Å²) in [6.07, 6.45) is -4.50. The van der Waals surface area contributed by atoms with Gasteiger partial charge in [0.15, 0.2) is 0 Å². The molecular weight excluding hydrogens is 529 g/mol. The monoisotopic (exact) mass is 566 g/mol. The van der Waals surface area contributed by atoms with E-state index >= 15 is 0 Å². The summed E-state index contributed by atoms with van der Waals surface area (Å²) >= 11 is 0. The van der Waals surface area contributed by atoms with Crippen molar-refractivity contribution in [2.45, 2.75) is 51.2 Å². The minimum absolute atomic E-state index is 0.107. The smallest absolute Gasteiger partial charge is 0.406 e. The van der Waals surface area contributed by atoms with Gasteiger partial charge in [-0.1, -0.05) is 36.4 Å². The van der Waals surface area contributed by atoms with E-state index in [4.69, 9.17) is 17.2 Å². The Morgan fingerprint density at radius 1 is 0.975 bits per heavy atom. The van der Waals surface area contributed by atoms with Crippen LogP contribution in [0.4, 0.5) is 13.2 Å². The van der Waals surface area contributed by atoms with Gasteiger partial charge in [-0.2, -0.15) is 0 Å². The molecule has 0 radical (unpaired) electrons. The van der Waals surface area contributed by atoms with Crippen LogP contribution in [0.1, 0.15) is 29.5 Å². The van der Waals surface area contributed by atoms with Crippen LogP contribution in [0.15, 0.2) is 48.5 Å². The molecule has 0 heterocycles. The number of ether oxygens (including phenoxy) is 1. The predicted octanol–water partition coefficient (Wildman–Crippen LogP) is 1.09. The number of hydrogen-bond donors (Lipinski definition) is 5. The molecule has 13 heteroatoms. The van der Waals surface area contributed by atoms with Gasteiger partial charge in [0, 0.05) is 32.7 Å². The molecule has 0 aliphatic heterocycles. The Hall–Kier alpha value is -3.68. The van der Waals surface area contributed by atoms with Crippen LogP contribution in [-0.4, -0.2) is 67.2 Å². The molecule has 40 heavy (non-hydrogen) atoms. The Morgan fingerprint density at radius 3 is 2.23 bits per heavy atom. The van der Waals surface area contributed by atoms with Gasteiger partial charge < -0.3 is 37.5 Å². The Labute approximate surface area is 231 Å². The lowest BCUT2D eigenvalue weighted by Gasteiger charge is -2.24. The van der Waals surface area contributed by atoms with E-state index < -0.39 is 36.0 Å². The van der Waals surface area contributed by atoms with Gasteiger partial charge in [-0.05, 0) is 48.6 Å². The summed E-state index contributed by atoms with van der Waals surface area (Å²) < 4.78 is 42.0. The zero-order valence-corrected chi connectivity index (χ0v) is 22.4. The first kappa shape index (κ1) is 32.5. The minimum atomic E-state index is -4.85. The van der Waals surface area contributed by atoms with Crippen LogP contribution in [0.25, 0.3) is 0 Å². The highest BCUT2D eigenvalue weighted by Crippen LogP contribution is 2.25. The fourth-order valence-corrected chi connectivity index (χ4v) is 4.02. The summed E-state index contributed by atoms with van der Waals surface area (Å²) in [6, 6.07) is 11.1. The van der Waals surface area contributed by atoms with Crippen molar-refractivity contribution in [3.8, 4) is 5.75 Å². The van der Waals surface area contributed by atoms with Gasteiger partial charge in [0.1, 0.15) is 11.8 Å². The van der Waals surface area contributed by atoms with Gasteiger partial charge in [-0.15, -0.1) is 13.2 Å². The fourth-order valence-electron chi connectivity index (χ4n) is 4.02. The molecule has 0 aliphatic carbocycles. The average Bonchev–Trinajstić information content (AvgIpc) is 2.88. The normalized spacial score (nSPS) is 12.8. The van der Waals surface area contributed by atoms with Crippen LogP contribution in [0.2, 0.25) is 0 Å². The number of carbonyl (C=O) groups excluding carboxylic acids is 3. The third-order valence-electron chi connectivity index (χ3n) is 5.89. The first-order valence-electron chi connectivity index (χ1n) is 12.8. The maximum absolute atomic E-state index is 13.1. The van der Waals surface area contributed by atoms with Gasteiger partial charge in [0.2, 0.25) is 17.7 Å². The first-order valence-corrected chi connectivity index (χ1v) is 12.8. The number of hydrogen-bond acceptors (Lipinski definition) is 7. The molecule has 0 aromatic heterocycles. The van der Waals surface area contributed by atoms with Crippen molar-refractivity contribution < 1.29 is 32.3 Å². The summed E-state index contributed by atoms with van der Waals surface area (Å²) in [6.45, 7) is 2.47. The number of halogens is 3. The third-order valence-corrected chi connectivity index (χ3v) is 5.89. The summed E-state index contributed by atoms with van der Waals surface area (Å²) in [5.41, 5.74) is 18.9. The number of benzene rings is 2. The maximum Gasteiger partial charge on any atom is 0.573 e. The zero-order valence-electron chi connectivity index (χ0n) is 22.4. The Balaban J connectivity index is 2.10. The molecule has 0 unspecified atom stereocenters. The van der Waals surface area contributed by atoms with E-state index in [1.807, 2.05) is 30.3 Å². The molecule has 0 saturated carbocycles. The van der Waals surface area contributed by atoms with E-state index in [1.54, 1.807) is 13.0 Å². The van der Waals surface area contributed by atoms with E-state index in [0.29, 0.717) is 17.5 Å². The molecule has 220 valence electrons. The van der Waals surface area contributed by atoms with Crippen LogP contribution in [0.3, 0.4) is 0 Å². The second-order valence-corrected chi connectivity index (χ2v) is 9.27. The van der Waals surface area contributed by atoms with Crippen LogP contribution in [0.5, 0.6) is 5.75 Å². The van der Waals surface area contributed by atoms with Crippen molar-refractivity contribution in [2.75, 3.05) is 26.2 Å². The first-order chi connectivity index (χ1) is 18.9. The summed E-state index contributed by atoms with van der Waals surface area (Å²) in [5.74, 6) is -2.05. The molecule has 8 N–H and O–H groups in total. The number of aryl methyl sites for hydroxylation is 2. The van der Waals surface area contributed by atoms with Gasteiger partial charge in [0.05, 0.1) is 12.5 Å². The van der Waals surface area contributed by atoms with E-state index in [1.165, 1.54) is 17.0 Å². The quantitative estimate of drug-likeness (QED) is 0.215. The molecule has 3 amide bonds. The van der Waals surface area contributed by atoms with Crippen molar-refractivity contribution in [3.63, 3.8) is 0 Å². The van der Waals surface area contributed by atoms with Crippen LogP contribution in [-0.2, 0) is 27.3 Å². The molecule has 0 saturated heterocycles. The van der Waals surface area contributed by atoms with Crippen LogP contribution >= 0.6 is 0 Å². The van der Waals surface area contributed by atoms with Crippen LogP contribution < -0.4 is 32.6 Å². The van der Waals surface area contributed by atoms with Crippen molar-refractivity contribution in [1.29, 1.82) is 0 Å². The molecule has 2 atom stereocenters. The van der Waals surface area contributed by atoms with Gasteiger partial charge in [-0.3, -0.25) is 14.4 Å². The third kappa shape index (κ3) is 11.6. The Kier molecular flexibility index (Phi) is 12.8. The van der Waals surface area contributed by atoms with Crippen LogP contribution in [0, 0.1) is 6.92 Å². The molecule has 0 fully saturated rings. The Morgan fingerprint density at radius 2 is 1.62 bits per heavy atom. The SMILES string of the molecule is Cc1cc(CNC(=O)[C@H](CCc2ccccc2)NC(=O)[C@@H](N)CC(=O)N(CCN)CCN)cc(OC(F)(F)F)c1. The standard InChI is InChI=1S/C27H37F3N6O4/c1-18-13-20(15-21(14-18)40-27(28,29)30)17-34-26(39)23(8-7-19-5-3-2-4-6-19)35-25(38)22(33)16-24(37)36(11-9-31)12-10-32/h2-6,13-15,22-23H,7-12,16-17,31-33H2,1H3,(H,34,39)(H,35,38)/t22-,23-/m0/s1. The number of nitrogens with one attached hydrogen (secondary N) is 2. The lowest BCUT2D eigenvalue weighted by Crippen LogP contribution is -2.53.